The summed E-state index contributed by atoms with van der Waals surface area (Å²) >= 11 is 0. The number of para-hydroxylation sites is 1. The zero-order valence-electron chi connectivity index (χ0n) is 25.1. The van der Waals surface area contributed by atoms with Gasteiger partial charge in [-0.2, -0.15) is 9.78 Å². The Hall–Kier alpha value is -6.16. The summed E-state index contributed by atoms with van der Waals surface area (Å²) in [6.45, 7) is 4.00. The number of fused-ring (bicyclic) bond motifs is 2. The molecule has 0 spiro atoms. The molecule has 10 heteroatoms. The second-order valence-corrected chi connectivity index (χ2v) is 10.3. The van der Waals surface area contributed by atoms with Crippen LogP contribution < -0.4 is 19.8 Å². The summed E-state index contributed by atoms with van der Waals surface area (Å²) in [6, 6.07) is 24.4. The first-order valence-corrected chi connectivity index (χ1v) is 14.3. The van der Waals surface area contributed by atoms with Crippen molar-refractivity contribution in [3.8, 4) is 28.8 Å². The van der Waals surface area contributed by atoms with Crippen LogP contribution in [0.2, 0.25) is 0 Å². The number of methoxy groups -OCH3 is 2. The molecule has 0 aliphatic rings. The highest BCUT2D eigenvalue weighted by atomic mass is 16.5. The number of hydrogen-bond donors (Lipinski definition) is 1. The number of nitrogens with zero attached hydrogens (tertiary/aromatic N) is 3. The van der Waals surface area contributed by atoms with Crippen molar-refractivity contribution in [2.45, 2.75) is 13.0 Å². The molecule has 2 heterocycles. The molecule has 6 rings (SSSR count). The fourth-order valence-electron chi connectivity index (χ4n) is 5.17. The van der Waals surface area contributed by atoms with Crippen molar-refractivity contribution in [3.63, 3.8) is 0 Å². The van der Waals surface area contributed by atoms with Gasteiger partial charge < -0.3 is 23.7 Å². The van der Waals surface area contributed by atoms with Gasteiger partial charge in [0.2, 0.25) is 5.82 Å². The molecule has 0 aliphatic heterocycles. The lowest BCUT2D eigenvalue weighted by atomic mass is 10.1. The van der Waals surface area contributed by atoms with E-state index in [4.69, 9.17) is 23.6 Å². The number of carbonyl (C=O) groups is 1. The summed E-state index contributed by atoms with van der Waals surface area (Å²) in [5.74, 6) is 1.11. The number of benzene rings is 4. The first-order valence-electron chi connectivity index (χ1n) is 14.3. The van der Waals surface area contributed by atoms with E-state index in [1.165, 1.54) is 17.9 Å². The SMILES string of the molecule is C=CCc1cc(C=Nn2c(-c3cc4c(OC)cccc4o3)nc3ccccc3c2=O)cc(OC)c1OCc1cccc(C(=O)O)c1. The molecule has 10 nitrogen and oxygen atoms in total. The Labute approximate surface area is 263 Å². The Morgan fingerprint density at radius 3 is 2.57 bits per heavy atom. The Bertz CT molecular complexity index is 2200. The molecule has 0 aliphatic carbocycles. The van der Waals surface area contributed by atoms with Crippen LogP contribution in [0.25, 0.3) is 33.5 Å². The van der Waals surface area contributed by atoms with Gasteiger partial charge in [0.25, 0.3) is 5.56 Å². The number of carboxylic acids is 1. The fraction of sp³-hybridized carbons (Fsp3) is 0.111. The highest BCUT2D eigenvalue weighted by Crippen LogP contribution is 2.35. The molecule has 1 N–H and O–H groups in total. The van der Waals surface area contributed by atoms with Crippen LogP contribution in [-0.2, 0) is 13.0 Å². The molecule has 0 atom stereocenters. The maximum absolute atomic E-state index is 13.8. The molecule has 0 fully saturated rings. The molecular formula is C36H29N3O7. The molecule has 0 amide bonds. The van der Waals surface area contributed by atoms with E-state index in [1.54, 1.807) is 67.9 Å². The summed E-state index contributed by atoms with van der Waals surface area (Å²) in [6.07, 6.45) is 3.73. The van der Waals surface area contributed by atoms with Crippen LogP contribution in [-0.4, -0.2) is 41.2 Å². The molecule has 0 unspecified atom stereocenters. The van der Waals surface area contributed by atoms with Gasteiger partial charge in [0.15, 0.2) is 17.3 Å². The summed E-state index contributed by atoms with van der Waals surface area (Å²) in [5, 5.41) is 15.1. The maximum atomic E-state index is 13.8. The molecule has 46 heavy (non-hydrogen) atoms. The average Bonchev–Trinajstić information content (AvgIpc) is 3.52. The number of carboxylic acid groups (broad SMARTS) is 1. The quantitative estimate of drug-likeness (QED) is 0.126. The van der Waals surface area contributed by atoms with Gasteiger partial charge in [0.05, 0.1) is 42.3 Å². The molecule has 4 aromatic carbocycles. The van der Waals surface area contributed by atoms with Crippen molar-refractivity contribution in [3.05, 3.63) is 130 Å². The highest BCUT2D eigenvalue weighted by molar-refractivity contribution is 5.89. The van der Waals surface area contributed by atoms with Gasteiger partial charge in [-0.15, -0.1) is 6.58 Å². The van der Waals surface area contributed by atoms with Crippen LogP contribution in [0, 0.1) is 0 Å². The Kier molecular flexibility index (Phi) is 8.34. The number of furan rings is 1. The number of hydrogen-bond acceptors (Lipinski definition) is 8. The first kappa shape index (κ1) is 29.9. The van der Waals surface area contributed by atoms with Crippen LogP contribution in [0.4, 0.5) is 0 Å². The van der Waals surface area contributed by atoms with Crippen LogP contribution in [0.3, 0.4) is 0 Å². The van der Waals surface area contributed by atoms with Gasteiger partial charge >= 0.3 is 5.97 Å². The lowest BCUT2D eigenvalue weighted by Gasteiger charge is -2.16. The van der Waals surface area contributed by atoms with E-state index in [0.29, 0.717) is 57.0 Å². The van der Waals surface area contributed by atoms with Crippen molar-refractivity contribution < 1.29 is 28.5 Å². The minimum absolute atomic E-state index is 0.124. The third-order valence-corrected chi connectivity index (χ3v) is 7.33. The second kappa shape index (κ2) is 12.8. The maximum Gasteiger partial charge on any atom is 0.335 e. The second-order valence-electron chi connectivity index (χ2n) is 10.3. The van der Waals surface area contributed by atoms with Crippen molar-refractivity contribution in [1.29, 1.82) is 0 Å². The molecule has 230 valence electrons. The van der Waals surface area contributed by atoms with Gasteiger partial charge in [0, 0.05) is 5.56 Å². The molecule has 2 aromatic heterocycles. The molecule has 0 saturated heterocycles. The van der Waals surface area contributed by atoms with E-state index in [2.05, 4.69) is 11.7 Å². The Morgan fingerprint density at radius 1 is 0.978 bits per heavy atom. The normalized spacial score (nSPS) is 11.3. The van der Waals surface area contributed by atoms with Gasteiger partial charge in [-0.1, -0.05) is 36.4 Å². The Balaban J connectivity index is 1.41. The largest absolute Gasteiger partial charge is 0.496 e. The van der Waals surface area contributed by atoms with Crippen molar-refractivity contribution in [1.82, 2.24) is 9.66 Å². The molecular weight excluding hydrogens is 586 g/mol. The lowest BCUT2D eigenvalue weighted by Crippen LogP contribution is -2.20. The third-order valence-electron chi connectivity index (χ3n) is 7.33. The van der Waals surface area contributed by atoms with Crippen LogP contribution >= 0.6 is 0 Å². The molecule has 0 saturated carbocycles. The van der Waals surface area contributed by atoms with Gasteiger partial charge in [-0.05, 0) is 72.1 Å². The fourth-order valence-corrected chi connectivity index (χ4v) is 5.17. The summed E-state index contributed by atoms with van der Waals surface area (Å²) < 4.78 is 24.7. The lowest BCUT2D eigenvalue weighted by molar-refractivity contribution is 0.0696. The van der Waals surface area contributed by atoms with Crippen LogP contribution in [0.1, 0.15) is 27.0 Å². The zero-order valence-corrected chi connectivity index (χ0v) is 25.1. The van der Waals surface area contributed by atoms with Crippen LogP contribution in [0.5, 0.6) is 17.2 Å². The topological polar surface area (TPSA) is 125 Å². The first-order chi connectivity index (χ1) is 22.4. The van der Waals surface area contributed by atoms with Gasteiger partial charge in [0.1, 0.15) is 17.9 Å². The zero-order chi connectivity index (χ0) is 32.2. The molecule has 6 aromatic rings. The van der Waals surface area contributed by atoms with Crippen LogP contribution in [0.15, 0.2) is 112 Å². The van der Waals surface area contributed by atoms with E-state index >= 15 is 0 Å². The van der Waals surface area contributed by atoms with E-state index in [0.717, 1.165) is 10.9 Å². The van der Waals surface area contributed by atoms with Crippen molar-refractivity contribution in [2.75, 3.05) is 14.2 Å². The standard InChI is InChI=1S/C36H29N3O7/c1-4-9-24-17-23(18-31(44-3)33(24)45-21-22-10-7-11-25(16-22)36(41)42)20-37-39-34(38-28-13-6-5-12-26(28)35(39)40)32-19-27-29(43-2)14-8-15-30(27)46-32/h4-8,10-20H,1,9,21H2,2-3H3,(H,41,42). The van der Waals surface area contributed by atoms with E-state index in [1.807, 2.05) is 30.3 Å². The number of aromatic carboxylic acids is 1. The summed E-state index contributed by atoms with van der Waals surface area (Å²) in [5.41, 5.74) is 2.97. The minimum atomic E-state index is -1.01. The number of rotatable bonds is 11. The van der Waals surface area contributed by atoms with E-state index in [-0.39, 0.29) is 23.6 Å². The monoisotopic (exact) mass is 615 g/mol. The summed E-state index contributed by atoms with van der Waals surface area (Å²) in [4.78, 5) is 29.9. The predicted octanol–water partition coefficient (Wildman–Crippen LogP) is 6.71. The number of ether oxygens (including phenoxy) is 3. The average molecular weight is 616 g/mol. The predicted molar refractivity (Wildman–Crippen MR) is 175 cm³/mol. The summed E-state index contributed by atoms with van der Waals surface area (Å²) in [7, 11) is 3.11. The smallest absolute Gasteiger partial charge is 0.335 e. The van der Waals surface area contributed by atoms with E-state index in [9.17, 15) is 14.7 Å². The van der Waals surface area contributed by atoms with E-state index < -0.39 is 5.97 Å². The van der Waals surface area contributed by atoms with Crippen molar-refractivity contribution >= 4 is 34.1 Å². The van der Waals surface area contributed by atoms with Gasteiger partial charge in [-0.3, -0.25) is 4.79 Å². The Morgan fingerprint density at radius 2 is 1.78 bits per heavy atom. The number of aromatic nitrogens is 2. The third kappa shape index (κ3) is 5.83. The number of allylic oxidation sites excluding steroid dienone is 1. The van der Waals surface area contributed by atoms with Crippen molar-refractivity contribution in [2.24, 2.45) is 5.10 Å². The molecule has 0 bridgehead atoms. The molecule has 0 radical (unpaired) electrons. The minimum Gasteiger partial charge on any atom is -0.496 e. The van der Waals surface area contributed by atoms with Gasteiger partial charge in [-0.25, -0.2) is 9.78 Å². The highest BCUT2D eigenvalue weighted by Gasteiger charge is 2.19.